The maximum absolute atomic E-state index is 14.3. The molecule has 11 heteroatoms. The summed E-state index contributed by atoms with van der Waals surface area (Å²) < 4.78 is 37.2. The van der Waals surface area contributed by atoms with Crippen molar-refractivity contribution in [2.75, 3.05) is 58.1 Å². The fourth-order valence-corrected chi connectivity index (χ4v) is 8.10. The minimum absolute atomic E-state index is 0.0236. The van der Waals surface area contributed by atoms with Gasteiger partial charge in [0.05, 0.1) is 11.5 Å². The number of carbonyl (C=O) groups excluding carboxylic acids is 2. The Bertz CT molecular complexity index is 1250. The van der Waals surface area contributed by atoms with E-state index in [-0.39, 0.29) is 29.4 Å². The number of rotatable bonds is 19. The minimum atomic E-state index is -4.10. The van der Waals surface area contributed by atoms with Crippen molar-refractivity contribution in [3.8, 4) is 0 Å². The molecule has 1 heterocycles. The van der Waals surface area contributed by atoms with Crippen molar-refractivity contribution in [1.82, 2.24) is 10.4 Å². The molecule has 47 heavy (non-hydrogen) atoms. The molecule has 1 fully saturated rings. The van der Waals surface area contributed by atoms with Crippen molar-refractivity contribution in [3.63, 3.8) is 0 Å². The topological polar surface area (TPSA) is 105 Å². The van der Waals surface area contributed by atoms with Gasteiger partial charge in [0.2, 0.25) is 0 Å². The van der Waals surface area contributed by atoms with Gasteiger partial charge in [0.1, 0.15) is 0 Å². The van der Waals surface area contributed by atoms with E-state index >= 15 is 0 Å². The lowest BCUT2D eigenvalue weighted by molar-refractivity contribution is -0.130. The molecule has 268 valence electrons. The molecule has 1 saturated heterocycles. The lowest BCUT2D eigenvalue weighted by atomic mass is 9.91. The molecule has 1 N–H and O–H groups in total. The molecule has 2 atom stereocenters. The number of anilines is 1. The van der Waals surface area contributed by atoms with E-state index in [1.165, 1.54) is 5.57 Å². The molecule has 2 unspecified atom stereocenters. The van der Waals surface area contributed by atoms with Gasteiger partial charge >= 0.3 is 0 Å². The number of carbonyl (C=O) groups is 2. The van der Waals surface area contributed by atoms with Crippen LogP contribution < -0.4 is 10.4 Å². The summed E-state index contributed by atoms with van der Waals surface area (Å²) in [6, 6.07) is 6.86. The van der Waals surface area contributed by atoms with Crippen LogP contribution in [0, 0.1) is 5.92 Å². The highest BCUT2D eigenvalue weighted by Gasteiger charge is 2.50. The smallest absolute Gasteiger partial charge is 0.266 e. The van der Waals surface area contributed by atoms with Gasteiger partial charge in [-0.3, -0.25) is 9.59 Å². The van der Waals surface area contributed by atoms with E-state index in [1.54, 1.807) is 25.5 Å². The number of benzene rings is 1. The summed E-state index contributed by atoms with van der Waals surface area (Å²) in [6.07, 6.45) is 11.0. The quantitative estimate of drug-likeness (QED) is 0.0697. The highest BCUT2D eigenvalue weighted by atomic mass is 32.2. The molecule has 1 amide bonds. The molecule has 0 radical (unpaired) electrons. The second-order valence-corrected chi connectivity index (χ2v) is 14.8. The maximum Gasteiger partial charge on any atom is 0.266 e. The number of allylic oxidation sites excluding steroid dienone is 4. The highest BCUT2D eigenvalue weighted by molar-refractivity contribution is 7.94. The van der Waals surface area contributed by atoms with E-state index in [9.17, 15) is 18.0 Å². The number of likely N-dealkylation sites (N-methyl/N-ethyl adjacent to an activating group) is 1. The van der Waals surface area contributed by atoms with Gasteiger partial charge in [0, 0.05) is 56.6 Å². The van der Waals surface area contributed by atoms with Crippen LogP contribution in [0.2, 0.25) is 0 Å². The Morgan fingerprint density at radius 1 is 1.04 bits per heavy atom. The van der Waals surface area contributed by atoms with E-state index in [4.69, 9.17) is 9.02 Å². The molecule has 1 aromatic carbocycles. The van der Waals surface area contributed by atoms with Crippen molar-refractivity contribution < 1.29 is 27.0 Å². The van der Waals surface area contributed by atoms with Crippen molar-refractivity contribution >= 4 is 39.3 Å². The van der Waals surface area contributed by atoms with Crippen LogP contribution in [0.3, 0.4) is 0 Å². The molecule has 0 aromatic heterocycles. The molecule has 0 bridgehead atoms. The van der Waals surface area contributed by atoms with E-state index in [2.05, 4.69) is 30.3 Å². The molecule has 0 aliphatic carbocycles. The summed E-state index contributed by atoms with van der Waals surface area (Å²) in [7, 11) is -0.601. The number of nitrogens with one attached hydrogen (secondary N) is 1. The Kier molecular flexibility index (Phi) is 20.5. The average Bonchev–Trinajstić information content (AvgIpc) is 3.34. The Morgan fingerprint density at radius 2 is 1.72 bits per heavy atom. The first-order chi connectivity index (χ1) is 22.5. The minimum Gasteiger partial charge on any atom is -0.383 e. The van der Waals surface area contributed by atoms with Crippen LogP contribution >= 0.6 is 12.0 Å². The number of hydrogen-bond donors (Lipinski definition) is 1. The summed E-state index contributed by atoms with van der Waals surface area (Å²) in [5, 5.41) is 0. The van der Waals surface area contributed by atoms with Gasteiger partial charge in [-0.25, -0.2) is 18.2 Å². The first-order valence-electron chi connectivity index (χ1n) is 17.1. The fraction of sp³-hybridized carbons (Fsp3) is 0.667. The van der Waals surface area contributed by atoms with Crippen LogP contribution in [-0.4, -0.2) is 83.0 Å². The van der Waals surface area contributed by atoms with Gasteiger partial charge in [-0.2, -0.15) is 0 Å². The molecule has 0 spiro atoms. The summed E-state index contributed by atoms with van der Waals surface area (Å²) in [5.41, 5.74) is 5.35. The largest absolute Gasteiger partial charge is 0.383 e. The van der Waals surface area contributed by atoms with Gasteiger partial charge < -0.3 is 14.5 Å². The number of hydrogen-bond acceptors (Lipinski definition) is 9. The Balaban J connectivity index is 0.00000541. The predicted molar refractivity (Wildman–Crippen MR) is 196 cm³/mol. The lowest BCUT2D eigenvalue weighted by Gasteiger charge is -2.33. The molecule has 1 aromatic rings. The number of methoxy groups -OCH3 is 1. The molecular formula is C36H61N3O6S2. The third-order valence-electron chi connectivity index (χ3n) is 8.64. The molecular weight excluding hydrogens is 635 g/mol. The molecule has 1 aliphatic heterocycles. The van der Waals surface area contributed by atoms with Crippen molar-refractivity contribution in [2.24, 2.45) is 5.92 Å². The van der Waals surface area contributed by atoms with E-state index in [0.29, 0.717) is 32.7 Å². The molecule has 0 saturated carbocycles. The van der Waals surface area contributed by atoms with Gasteiger partial charge in [0.25, 0.3) is 5.91 Å². The van der Waals surface area contributed by atoms with E-state index < -0.39 is 20.5 Å². The fourth-order valence-electron chi connectivity index (χ4n) is 5.88. The van der Waals surface area contributed by atoms with Crippen molar-refractivity contribution in [3.05, 3.63) is 47.6 Å². The highest BCUT2D eigenvalue weighted by Crippen LogP contribution is 2.36. The van der Waals surface area contributed by atoms with Gasteiger partial charge in [0.15, 0.2) is 20.4 Å². The summed E-state index contributed by atoms with van der Waals surface area (Å²) in [6.45, 7) is 15.0. The average molecular weight is 696 g/mol. The van der Waals surface area contributed by atoms with E-state index in [1.807, 2.05) is 57.9 Å². The van der Waals surface area contributed by atoms with Crippen LogP contribution in [0.25, 0.3) is 0 Å². The maximum atomic E-state index is 14.3. The zero-order chi connectivity index (χ0) is 35.5. The van der Waals surface area contributed by atoms with E-state index in [0.717, 1.165) is 62.0 Å². The summed E-state index contributed by atoms with van der Waals surface area (Å²) in [5.74, 6) is -0.473. The number of amides is 1. The Hall–Kier alpha value is -2.18. The number of nitrogens with zero attached hydrogens (tertiary/aromatic N) is 2. The first-order valence-corrected chi connectivity index (χ1v) is 19.8. The summed E-state index contributed by atoms with van der Waals surface area (Å²) >= 11 is 0.948. The Labute approximate surface area is 290 Å². The van der Waals surface area contributed by atoms with Gasteiger partial charge in [-0.1, -0.05) is 58.3 Å². The van der Waals surface area contributed by atoms with Gasteiger partial charge in [-0.15, -0.1) is 0 Å². The normalized spacial score (nSPS) is 17.4. The molecule has 9 nitrogen and oxygen atoms in total. The second kappa shape index (κ2) is 22.5. The van der Waals surface area contributed by atoms with Crippen LogP contribution in [0.5, 0.6) is 0 Å². The first kappa shape index (κ1) is 42.8. The van der Waals surface area contributed by atoms with Crippen LogP contribution in [0.1, 0.15) is 92.9 Å². The zero-order valence-corrected chi connectivity index (χ0v) is 32.0. The van der Waals surface area contributed by atoms with Crippen molar-refractivity contribution in [1.29, 1.82) is 0 Å². The third-order valence-corrected chi connectivity index (χ3v) is 11.4. The third kappa shape index (κ3) is 12.7. The predicted octanol–water partition coefficient (Wildman–Crippen LogP) is 7.19. The van der Waals surface area contributed by atoms with Crippen LogP contribution in [0.15, 0.2) is 52.5 Å². The lowest BCUT2D eigenvalue weighted by Crippen LogP contribution is -2.53. The SMILES string of the molecule is CC.CCC/C(C)=C/C=C(\C)C(=O)C1CCCN(c2ccc(S(=O)(=O)C(CCC)(CCN(C)CCOC)C(=O)NOSC)cc2)CC1. The van der Waals surface area contributed by atoms with Crippen molar-refractivity contribution in [2.45, 2.75) is 103 Å². The summed E-state index contributed by atoms with van der Waals surface area (Å²) in [4.78, 5) is 31.0. The van der Waals surface area contributed by atoms with Crippen LogP contribution in [-0.2, 0) is 28.4 Å². The molecule has 1 aliphatic rings. The number of ether oxygens (including phenoxy) is 1. The number of ketones is 1. The number of Topliss-reactive ketones (excluding diaryl/α,β-unsaturated/α-hetero) is 1. The van der Waals surface area contributed by atoms with Gasteiger partial charge in [-0.05, 0) is 95.8 Å². The molecule has 2 rings (SSSR count). The number of hydroxylamine groups is 1. The standard InChI is InChI=1S/C34H55N3O6S2.C2H6/c1-8-11-27(3)13-14-28(4)32(38)29-12-10-22-37(23-19-29)30-15-17-31(18-16-30)45(40,41)34(20-9-2,33(39)35-43-44-7)21-24-36(5)25-26-42-6;1-2/h13-18,29H,8-12,19-26H2,1-7H3,(H,35,39);1-2H3/b27-13+,28-14+;. The second-order valence-electron chi connectivity index (χ2n) is 12.1. The zero-order valence-electron chi connectivity index (χ0n) is 30.4. The number of sulfone groups is 1. The monoisotopic (exact) mass is 695 g/mol. The Morgan fingerprint density at radius 3 is 2.32 bits per heavy atom. The van der Waals surface area contributed by atoms with Crippen LogP contribution in [0.4, 0.5) is 5.69 Å².